The molecule has 0 radical (unpaired) electrons. The zero-order valence-corrected chi connectivity index (χ0v) is 9.55. The van der Waals surface area contributed by atoms with E-state index in [0.29, 0.717) is 11.3 Å². The minimum absolute atomic E-state index is 0.193. The van der Waals surface area contributed by atoms with Crippen molar-refractivity contribution in [3.63, 3.8) is 0 Å². The molecule has 2 N–H and O–H groups in total. The molecule has 4 heteroatoms. The molecule has 0 saturated heterocycles. The molecule has 0 aromatic heterocycles. The van der Waals surface area contributed by atoms with Crippen LogP contribution in [-0.4, -0.2) is 14.2 Å². The van der Waals surface area contributed by atoms with Gasteiger partial charge in [0.15, 0.2) is 0 Å². The normalized spacial score (nSPS) is 17.2. The van der Waals surface area contributed by atoms with Crippen LogP contribution >= 0.6 is 0 Å². The van der Waals surface area contributed by atoms with Gasteiger partial charge in [-0.1, -0.05) is 6.07 Å². The van der Waals surface area contributed by atoms with Gasteiger partial charge >= 0.3 is 0 Å². The SMILES string of the molecule is COCc1c(F)ccc(C2(N)CC2)c1OC. The van der Waals surface area contributed by atoms with Crippen LogP contribution in [0.4, 0.5) is 4.39 Å². The van der Waals surface area contributed by atoms with Crippen molar-refractivity contribution in [2.45, 2.75) is 25.0 Å². The van der Waals surface area contributed by atoms with Gasteiger partial charge in [-0.25, -0.2) is 4.39 Å². The summed E-state index contributed by atoms with van der Waals surface area (Å²) in [6, 6.07) is 3.14. The molecule has 3 nitrogen and oxygen atoms in total. The highest BCUT2D eigenvalue weighted by atomic mass is 19.1. The van der Waals surface area contributed by atoms with Gasteiger partial charge in [0.1, 0.15) is 11.6 Å². The third kappa shape index (κ3) is 1.79. The zero-order valence-electron chi connectivity index (χ0n) is 9.55. The number of nitrogens with two attached hydrogens (primary N) is 1. The second-order valence-electron chi connectivity index (χ2n) is 4.20. The standard InChI is InChI=1S/C12H16FNO2/c1-15-7-8-10(13)4-3-9(11(8)16-2)12(14)5-6-12/h3-4H,5-7,14H2,1-2H3. The number of methoxy groups -OCH3 is 2. The Morgan fingerprint density at radius 2 is 2.06 bits per heavy atom. The smallest absolute Gasteiger partial charge is 0.132 e. The van der Waals surface area contributed by atoms with E-state index in [9.17, 15) is 4.39 Å². The van der Waals surface area contributed by atoms with E-state index in [4.69, 9.17) is 15.2 Å². The van der Waals surface area contributed by atoms with Gasteiger partial charge in [0.25, 0.3) is 0 Å². The fourth-order valence-corrected chi connectivity index (χ4v) is 1.91. The maximum Gasteiger partial charge on any atom is 0.132 e. The lowest BCUT2D eigenvalue weighted by molar-refractivity contribution is 0.177. The van der Waals surface area contributed by atoms with E-state index < -0.39 is 0 Å². The van der Waals surface area contributed by atoms with E-state index >= 15 is 0 Å². The highest BCUT2D eigenvalue weighted by molar-refractivity contribution is 5.48. The number of rotatable bonds is 4. The highest BCUT2D eigenvalue weighted by Crippen LogP contribution is 2.47. The summed E-state index contributed by atoms with van der Waals surface area (Å²) in [4.78, 5) is 0. The van der Waals surface area contributed by atoms with E-state index in [0.717, 1.165) is 18.4 Å². The molecule has 0 amide bonds. The second kappa shape index (κ2) is 4.03. The largest absolute Gasteiger partial charge is 0.496 e. The molecule has 0 aliphatic heterocycles. The lowest BCUT2D eigenvalue weighted by atomic mass is 10.0. The summed E-state index contributed by atoms with van der Waals surface area (Å²) in [6.45, 7) is 0.193. The molecule has 0 spiro atoms. The van der Waals surface area contributed by atoms with Gasteiger partial charge in [0.2, 0.25) is 0 Å². The lowest BCUT2D eigenvalue weighted by Gasteiger charge is -2.18. The van der Waals surface area contributed by atoms with Gasteiger partial charge in [-0.3, -0.25) is 0 Å². The summed E-state index contributed by atoms with van der Waals surface area (Å²) in [5.41, 5.74) is 7.11. The monoisotopic (exact) mass is 225 g/mol. The van der Waals surface area contributed by atoms with Crippen molar-refractivity contribution in [3.8, 4) is 5.75 Å². The highest BCUT2D eigenvalue weighted by Gasteiger charge is 2.43. The second-order valence-corrected chi connectivity index (χ2v) is 4.20. The third-order valence-electron chi connectivity index (χ3n) is 3.02. The number of halogens is 1. The predicted octanol–water partition coefficient (Wildman–Crippen LogP) is 1.93. The van der Waals surface area contributed by atoms with Crippen molar-refractivity contribution in [1.29, 1.82) is 0 Å². The van der Waals surface area contributed by atoms with Crippen LogP contribution in [0.1, 0.15) is 24.0 Å². The van der Waals surface area contributed by atoms with Crippen molar-refractivity contribution in [2.75, 3.05) is 14.2 Å². The van der Waals surface area contributed by atoms with Crippen LogP contribution in [0.15, 0.2) is 12.1 Å². The van der Waals surface area contributed by atoms with Crippen LogP contribution in [0.3, 0.4) is 0 Å². The van der Waals surface area contributed by atoms with E-state index in [1.165, 1.54) is 20.3 Å². The molecule has 88 valence electrons. The van der Waals surface area contributed by atoms with Crippen molar-refractivity contribution in [1.82, 2.24) is 0 Å². The molecular formula is C12H16FNO2. The maximum atomic E-state index is 13.6. The predicted molar refractivity (Wildman–Crippen MR) is 58.8 cm³/mol. The first-order valence-corrected chi connectivity index (χ1v) is 5.26. The van der Waals surface area contributed by atoms with Crippen LogP contribution in [0.25, 0.3) is 0 Å². The molecule has 16 heavy (non-hydrogen) atoms. The quantitative estimate of drug-likeness (QED) is 0.851. The minimum atomic E-state index is -0.332. The van der Waals surface area contributed by atoms with Gasteiger partial charge in [-0.05, 0) is 18.9 Å². The topological polar surface area (TPSA) is 44.5 Å². The Bertz CT molecular complexity index is 402. The average Bonchev–Trinajstić information content (AvgIpc) is 3.00. The summed E-state index contributed by atoms with van der Waals surface area (Å²) in [5.74, 6) is 0.216. The number of ether oxygens (including phenoxy) is 2. The van der Waals surface area contributed by atoms with Gasteiger partial charge in [-0.2, -0.15) is 0 Å². The maximum absolute atomic E-state index is 13.6. The first kappa shape index (κ1) is 11.4. The zero-order chi connectivity index (χ0) is 11.8. The van der Waals surface area contributed by atoms with Gasteiger partial charge < -0.3 is 15.2 Å². The Labute approximate surface area is 94.3 Å². The first-order valence-electron chi connectivity index (χ1n) is 5.26. The molecule has 1 aliphatic carbocycles. The Hall–Kier alpha value is -1.13. The van der Waals surface area contributed by atoms with Gasteiger partial charge in [-0.15, -0.1) is 0 Å². The van der Waals surface area contributed by atoms with Gasteiger partial charge in [0.05, 0.1) is 19.3 Å². The van der Waals surface area contributed by atoms with Crippen molar-refractivity contribution in [3.05, 3.63) is 29.1 Å². The molecule has 1 saturated carbocycles. The van der Waals surface area contributed by atoms with Crippen LogP contribution in [0, 0.1) is 5.82 Å². The van der Waals surface area contributed by atoms with Crippen LogP contribution < -0.4 is 10.5 Å². The Morgan fingerprint density at radius 3 is 2.56 bits per heavy atom. The fourth-order valence-electron chi connectivity index (χ4n) is 1.91. The molecule has 1 aromatic rings. The molecule has 1 fully saturated rings. The molecule has 1 aromatic carbocycles. The third-order valence-corrected chi connectivity index (χ3v) is 3.02. The number of benzene rings is 1. The first-order chi connectivity index (χ1) is 7.62. The molecule has 0 bridgehead atoms. The summed E-state index contributed by atoms with van der Waals surface area (Å²) >= 11 is 0. The number of hydrogen-bond acceptors (Lipinski definition) is 3. The van der Waals surface area contributed by atoms with Crippen molar-refractivity contribution < 1.29 is 13.9 Å². The summed E-state index contributed by atoms with van der Waals surface area (Å²) in [5, 5.41) is 0. The molecule has 1 aliphatic rings. The molecule has 0 unspecified atom stereocenters. The van der Waals surface area contributed by atoms with Crippen LogP contribution in [0.5, 0.6) is 5.75 Å². The average molecular weight is 225 g/mol. The van der Waals surface area contributed by atoms with Crippen molar-refractivity contribution >= 4 is 0 Å². The minimum Gasteiger partial charge on any atom is -0.496 e. The molecule has 0 atom stereocenters. The number of hydrogen-bond donors (Lipinski definition) is 1. The fraction of sp³-hybridized carbons (Fsp3) is 0.500. The van der Waals surface area contributed by atoms with E-state index in [-0.39, 0.29) is 18.0 Å². The Balaban J connectivity index is 2.50. The van der Waals surface area contributed by atoms with Crippen molar-refractivity contribution in [2.24, 2.45) is 5.73 Å². The lowest BCUT2D eigenvalue weighted by Crippen LogP contribution is -2.20. The van der Waals surface area contributed by atoms with Crippen LogP contribution in [-0.2, 0) is 16.9 Å². The summed E-state index contributed by atoms with van der Waals surface area (Å²) in [6.07, 6.45) is 1.84. The van der Waals surface area contributed by atoms with E-state index in [1.807, 2.05) is 0 Å². The summed E-state index contributed by atoms with van der Waals surface area (Å²) < 4.78 is 23.9. The molecular weight excluding hydrogens is 209 g/mol. The Kier molecular flexibility index (Phi) is 2.86. The Morgan fingerprint density at radius 1 is 1.38 bits per heavy atom. The van der Waals surface area contributed by atoms with Crippen LogP contribution in [0.2, 0.25) is 0 Å². The summed E-state index contributed by atoms with van der Waals surface area (Å²) in [7, 11) is 3.06. The van der Waals surface area contributed by atoms with E-state index in [2.05, 4.69) is 0 Å². The molecule has 2 rings (SSSR count). The van der Waals surface area contributed by atoms with E-state index in [1.54, 1.807) is 6.07 Å². The van der Waals surface area contributed by atoms with Gasteiger partial charge in [0, 0.05) is 18.2 Å². The molecule has 0 heterocycles.